The van der Waals surface area contributed by atoms with Gasteiger partial charge < -0.3 is 22.4 Å². The molecule has 7 nitrogen and oxygen atoms in total. The Morgan fingerprint density at radius 1 is 0.933 bits per heavy atom. The number of carbonyl (C=O) groups is 2. The van der Waals surface area contributed by atoms with Crippen LogP contribution < -0.4 is 0 Å². The Balaban J connectivity index is 4.70. The number of carbonyl (C=O) groups excluding carboxylic acids is 2. The number of hydrogen-bond acceptors (Lipinski definition) is 7. The molecule has 0 aromatic rings. The average molecular weight is 479 g/mol. The lowest BCUT2D eigenvalue weighted by Crippen LogP contribution is -2.52. The maximum atomic E-state index is 11.8. The van der Waals surface area contributed by atoms with Crippen LogP contribution in [-0.2, 0) is 32.0 Å². The molecule has 0 bridgehead atoms. The van der Waals surface area contributed by atoms with Crippen LogP contribution in [0, 0.1) is 0 Å². The van der Waals surface area contributed by atoms with E-state index in [0.29, 0.717) is 6.61 Å². The van der Waals surface area contributed by atoms with Gasteiger partial charge in [0.1, 0.15) is 6.61 Å². The first kappa shape index (κ1) is 29.2. The molecule has 1 atom stereocenters. The fourth-order valence-corrected chi connectivity index (χ4v) is 15.3. The molecule has 0 aliphatic carbocycles. The van der Waals surface area contributed by atoms with Gasteiger partial charge in [0.25, 0.3) is 0 Å². The van der Waals surface area contributed by atoms with Crippen LogP contribution in [0.3, 0.4) is 0 Å². The highest BCUT2D eigenvalue weighted by Gasteiger charge is 2.39. The Kier molecular flexibility index (Phi) is 12.6. The molecule has 1 unspecified atom stereocenters. The standard InChI is InChI=1S/C20H42O7Si3/c1-11-19(21)24-16-18(25-20(22)17(2)3)15-23-13-12-14-30(10,26-28(4,5)6)27-29(7,8)9/h18H,2,11-16H2,1,3-10H3. The normalized spacial score (nSPS) is 13.6. The summed E-state index contributed by atoms with van der Waals surface area (Å²) in [6, 6.07) is 0.836. The fraction of sp³-hybridized carbons (Fsp3) is 0.800. The van der Waals surface area contributed by atoms with Gasteiger partial charge >= 0.3 is 20.5 Å². The smallest absolute Gasteiger partial charge is 0.333 e. The lowest BCUT2D eigenvalue weighted by atomic mass is 10.3. The van der Waals surface area contributed by atoms with Crippen molar-refractivity contribution >= 4 is 37.1 Å². The van der Waals surface area contributed by atoms with Crippen molar-refractivity contribution in [3.8, 4) is 0 Å². The Morgan fingerprint density at radius 2 is 1.47 bits per heavy atom. The number of hydrogen-bond donors (Lipinski definition) is 0. The van der Waals surface area contributed by atoms with Crippen LogP contribution in [0.4, 0.5) is 0 Å². The van der Waals surface area contributed by atoms with Gasteiger partial charge in [-0.05, 0) is 65.2 Å². The zero-order chi connectivity index (χ0) is 23.6. The SMILES string of the molecule is C=C(C)C(=O)OC(COCCC[Si](C)(O[Si](C)(C)C)O[Si](C)(C)C)COC(=O)CC. The lowest BCUT2D eigenvalue weighted by Gasteiger charge is -2.38. The molecule has 0 spiro atoms. The molecule has 0 heterocycles. The van der Waals surface area contributed by atoms with Gasteiger partial charge in [0.15, 0.2) is 22.7 Å². The van der Waals surface area contributed by atoms with Crippen LogP contribution in [0.25, 0.3) is 0 Å². The molecule has 0 N–H and O–H groups in total. The van der Waals surface area contributed by atoms with Gasteiger partial charge in [-0.2, -0.15) is 0 Å². The summed E-state index contributed by atoms with van der Waals surface area (Å²) in [5.41, 5.74) is 0.288. The van der Waals surface area contributed by atoms with Gasteiger partial charge in [-0.3, -0.25) is 4.79 Å². The Labute approximate surface area is 186 Å². The van der Waals surface area contributed by atoms with Crippen LogP contribution in [0.2, 0.25) is 51.9 Å². The minimum absolute atomic E-state index is 0.0321. The third-order valence-electron chi connectivity index (χ3n) is 3.61. The van der Waals surface area contributed by atoms with Gasteiger partial charge in [0.05, 0.1) is 6.61 Å². The zero-order valence-electron chi connectivity index (χ0n) is 20.4. The van der Waals surface area contributed by atoms with E-state index >= 15 is 0 Å². The topological polar surface area (TPSA) is 80.3 Å². The second kappa shape index (κ2) is 12.9. The summed E-state index contributed by atoms with van der Waals surface area (Å²) in [6.07, 6.45) is 0.386. The van der Waals surface area contributed by atoms with Crippen molar-refractivity contribution in [1.82, 2.24) is 0 Å². The van der Waals surface area contributed by atoms with Crippen molar-refractivity contribution in [3.63, 3.8) is 0 Å². The second-order valence-corrected chi connectivity index (χ2v) is 22.4. The van der Waals surface area contributed by atoms with E-state index in [1.165, 1.54) is 0 Å². The van der Waals surface area contributed by atoms with Crippen LogP contribution in [0.1, 0.15) is 26.7 Å². The monoisotopic (exact) mass is 478 g/mol. The molecule has 0 amide bonds. The van der Waals surface area contributed by atoms with Gasteiger partial charge in [-0.15, -0.1) is 0 Å². The summed E-state index contributed by atoms with van der Waals surface area (Å²) >= 11 is 0. The Hall–Kier alpha value is -0.789. The molecule has 0 aliphatic rings. The second-order valence-electron chi connectivity index (χ2n) is 9.59. The largest absolute Gasteiger partial charge is 0.462 e. The summed E-state index contributed by atoms with van der Waals surface area (Å²) < 4.78 is 29.1. The maximum Gasteiger partial charge on any atom is 0.333 e. The maximum absolute atomic E-state index is 11.8. The molecule has 0 saturated heterocycles. The predicted molar refractivity (Wildman–Crippen MR) is 127 cm³/mol. The minimum Gasteiger partial charge on any atom is -0.462 e. The Bertz CT molecular complexity index is 552. The van der Waals surface area contributed by atoms with Gasteiger partial charge in [0, 0.05) is 18.6 Å². The molecule has 0 saturated carbocycles. The lowest BCUT2D eigenvalue weighted by molar-refractivity contribution is -0.159. The van der Waals surface area contributed by atoms with E-state index in [2.05, 4.69) is 52.4 Å². The minimum atomic E-state index is -2.30. The molecular formula is C20H42O7Si3. The quantitative estimate of drug-likeness (QED) is 0.147. The van der Waals surface area contributed by atoms with Crippen LogP contribution in [0.5, 0.6) is 0 Å². The molecule has 0 aromatic heterocycles. The summed E-state index contributed by atoms with van der Waals surface area (Å²) in [5, 5.41) is 0. The highest BCUT2D eigenvalue weighted by molar-refractivity contribution is 6.87. The van der Waals surface area contributed by atoms with E-state index in [4.69, 9.17) is 22.4 Å². The molecule has 0 fully saturated rings. The van der Waals surface area contributed by atoms with Crippen molar-refractivity contribution in [3.05, 3.63) is 12.2 Å². The molecule has 0 aliphatic heterocycles. The van der Waals surface area contributed by atoms with Crippen molar-refractivity contribution in [2.45, 2.75) is 84.7 Å². The van der Waals surface area contributed by atoms with E-state index in [1.807, 2.05) is 0 Å². The molecule has 0 radical (unpaired) electrons. The summed E-state index contributed by atoms with van der Waals surface area (Å²) in [7, 11) is -5.75. The molecule has 30 heavy (non-hydrogen) atoms. The van der Waals surface area contributed by atoms with Crippen LogP contribution in [0.15, 0.2) is 12.2 Å². The molecule has 10 heteroatoms. The molecular weight excluding hydrogens is 436 g/mol. The van der Waals surface area contributed by atoms with Crippen LogP contribution >= 0.6 is 0 Å². The first-order valence-corrected chi connectivity index (χ1v) is 19.9. The highest BCUT2D eigenvalue weighted by Crippen LogP contribution is 2.25. The predicted octanol–water partition coefficient (Wildman–Crippen LogP) is 4.61. The van der Waals surface area contributed by atoms with Gasteiger partial charge in [-0.1, -0.05) is 13.5 Å². The first-order chi connectivity index (χ1) is 13.6. The van der Waals surface area contributed by atoms with E-state index in [0.717, 1.165) is 12.5 Å². The van der Waals surface area contributed by atoms with E-state index in [9.17, 15) is 9.59 Å². The average Bonchev–Trinajstić information content (AvgIpc) is 2.54. The van der Waals surface area contributed by atoms with Gasteiger partial charge in [-0.25, -0.2) is 4.79 Å². The van der Waals surface area contributed by atoms with Crippen molar-refractivity contribution in [2.75, 3.05) is 19.8 Å². The number of esters is 2. The fourth-order valence-electron chi connectivity index (χ4n) is 2.78. The van der Waals surface area contributed by atoms with Crippen molar-refractivity contribution in [1.29, 1.82) is 0 Å². The van der Waals surface area contributed by atoms with Crippen molar-refractivity contribution in [2.24, 2.45) is 0 Å². The third kappa shape index (κ3) is 15.1. The highest BCUT2D eigenvalue weighted by atomic mass is 28.5. The van der Waals surface area contributed by atoms with E-state index in [-0.39, 0.29) is 31.2 Å². The summed E-state index contributed by atoms with van der Waals surface area (Å²) in [4.78, 5) is 23.2. The van der Waals surface area contributed by atoms with E-state index < -0.39 is 37.3 Å². The number of ether oxygens (including phenoxy) is 3. The van der Waals surface area contributed by atoms with Gasteiger partial charge in [0.2, 0.25) is 0 Å². The number of rotatable bonds is 15. The zero-order valence-corrected chi connectivity index (χ0v) is 23.4. The molecule has 176 valence electrons. The third-order valence-corrected chi connectivity index (χ3v) is 13.2. The first-order valence-electron chi connectivity index (χ1n) is 10.6. The van der Waals surface area contributed by atoms with Crippen LogP contribution in [-0.4, -0.2) is 63.1 Å². The summed E-state index contributed by atoms with van der Waals surface area (Å²) in [6.45, 7) is 22.7. The Morgan fingerprint density at radius 3 is 1.90 bits per heavy atom. The summed E-state index contributed by atoms with van der Waals surface area (Å²) in [5.74, 6) is -0.872. The van der Waals surface area contributed by atoms with Crippen molar-refractivity contribution < 1.29 is 32.0 Å². The molecule has 0 rings (SSSR count). The van der Waals surface area contributed by atoms with E-state index in [1.54, 1.807) is 13.8 Å². The molecule has 0 aromatic carbocycles.